The molecule has 0 unspecified atom stereocenters. The molecule has 0 amide bonds. The lowest BCUT2D eigenvalue weighted by atomic mass is 10.1. The van der Waals surface area contributed by atoms with E-state index in [2.05, 4.69) is 20.6 Å². The highest BCUT2D eigenvalue weighted by Gasteiger charge is 2.33. The maximum absolute atomic E-state index is 12.6. The van der Waals surface area contributed by atoms with Gasteiger partial charge in [-0.1, -0.05) is 12.1 Å². The van der Waals surface area contributed by atoms with Crippen LogP contribution < -0.4 is 15.4 Å². The largest absolute Gasteiger partial charge is 0.493 e. The summed E-state index contributed by atoms with van der Waals surface area (Å²) < 4.78 is 48.8. The molecule has 0 aliphatic heterocycles. The first-order valence-corrected chi connectivity index (χ1v) is 10.4. The van der Waals surface area contributed by atoms with Gasteiger partial charge in [0.15, 0.2) is 11.7 Å². The monoisotopic (exact) mass is 444 g/mol. The van der Waals surface area contributed by atoms with Crippen molar-refractivity contribution in [1.82, 2.24) is 15.6 Å². The molecule has 0 atom stereocenters. The predicted octanol–water partition coefficient (Wildman–Crippen LogP) is 3.79. The number of halogens is 3. The van der Waals surface area contributed by atoms with Gasteiger partial charge < -0.3 is 20.1 Å². The van der Waals surface area contributed by atoms with E-state index in [-0.39, 0.29) is 0 Å². The van der Waals surface area contributed by atoms with Gasteiger partial charge in [-0.3, -0.25) is 4.99 Å². The van der Waals surface area contributed by atoms with Crippen LogP contribution in [0.3, 0.4) is 0 Å². The van der Waals surface area contributed by atoms with Crippen LogP contribution in [0.2, 0.25) is 0 Å². The average molecular weight is 445 g/mol. The molecule has 0 saturated carbocycles. The Kier molecular flexibility index (Phi) is 9.38. The molecule has 1 aromatic heterocycles. The normalized spacial score (nSPS) is 12.1. The van der Waals surface area contributed by atoms with Crippen molar-refractivity contribution in [1.29, 1.82) is 0 Å². The first-order chi connectivity index (χ1) is 14.3. The van der Waals surface area contributed by atoms with Gasteiger partial charge in [0.2, 0.25) is 0 Å². The molecular formula is C20H27F3N4O2S. The Labute approximate surface area is 178 Å². The van der Waals surface area contributed by atoms with Crippen LogP contribution in [0.15, 0.2) is 28.6 Å². The number of thiazole rings is 1. The molecule has 0 fully saturated rings. The number of methoxy groups -OCH3 is 1. The molecule has 0 aliphatic carbocycles. The topological polar surface area (TPSA) is 67.8 Å². The second-order valence-electron chi connectivity index (χ2n) is 6.53. The van der Waals surface area contributed by atoms with Gasteiger partial charge in [0.25, 0.3) is 0 Å². The number of guanidine groups is 1. The molecule has 166 valence electrons. The second kappa shape index (κ2) is 11.8. The van der Waals surface area contributed by atoms with Crippen LogP contribution in [0, 0.1) is 6.92 Å². The Balaban J connectivity index is 1.84. The summed E-state index contributed by atoms with van der Waals surface area (Å²) in [6.45, 7) is 4.11. The van der Waals surface area contributed by atoms with E-state index < -0.39 is 11.9 Å². The summed E-state index contributed by atoms with van der Waals surface area (Å²) in [6.07, 6.45) is -3.23. The minimum atomic E-state index is -4.41. The molecule has 2 aromatic rings. The molecule has 0 radical (unpaired) electrons. The van der Waals surface area contributed by atoms with E-state index in [9.17, 15) is 13.2 Å². The van der Waals surface area contributed by atoms with Gasteiger partial charge in [-0.05, 0) is 18.6 Å². The minimum absolute atomic E-state index is 0.375. The van der Waals surface area contributed by atoms with Crippen molar-refractivity contribution in [2.75, 3.05) is 33.9 Å². The summed E-state index contributed by atoms with van der Waals surface area (Å²) in [5, 5.41) is 7.76. The van der Waals surface area contributed by atoms with Gasteiger partial charge >= 0.3 is 6.18 Å². The van der Waals surface area contributed by atoms with Gasteiger partial charge in [0, 0.05) is 57.6 Å². The highest BCUT2D eigenvalue weighted by Crippen LogP contribution is 2.30. The Hall–Kier alpha value is -2.33. The number of aryl methyl sites for hydroxylation is 1. The van der Waals surface area contributed by atoms with Crippen molar-refractivity contribution in [3.8, 4) is 5.75 Å². The average Bonchev–Trinajstić information content (AvgIpc) is 3.18. The van der Waals surface area contributed by atoms with Crippen molar-refractivity contribution in [2.24, 2.45) is 4.99 Å². The SMILES string of the molecule is CN=C(NCCc1nc(C(F)(F)F)cs1)NCc1ccc(C)cc1OCCCOC. The van der Waals surface area contributed by atoms with Gasteiger partial charge in [-0.25, -0.2) is 4.98 Å². The summed E-state index contributed by atoms with van der Waals surface area (Å²) in [4.78, 5) is 7.78. The van der Waals surface area contributed by atoms with E-state index in [4.69, 9.17) is 9.47 Å². The smallest absolute Gasteiger partial charge is 0.434 e. The number of ether oxygens (including phenoxy) is 2. The van der Waals surface area contributed by atoms with Gasteiger partial charge in [-0.2, -0.15) is 13.2 Å². The van der Waals surface area contributed by atoms with E-state index in [0.29, 0.717) is 43.7 Å². The zero-order valence-corrected chi connectivity index (χ0v) is 18.1. The Bertz CT molecular complexity index is 825. The zero-order chi connectivity index (χ0) is 22.0. The third-order valence-corrected chi connectivity index (χ3v) is 5.03. The standard InChI is InChI=1S/C20H27F3N4O2S/c1-14-5-6-15(16(11-14)29-10-4-9-28-3)12-26-19(24-2)25-8-7-18-27-17(13-30-18)20(21,22)23/h5-6,11,13H,4,7-10,12H2,1-3H3,(H2,24,25,26). The van der Waals surface area contributed by atoms with Crippen molar-refractivity contribution in [3.63, 3.8) is 0 Å². The highest BCUT2D eigenvalue weighted by molar-refractivity contribution is 7.09. The number of alkyl halides is 3. The van der Waals surface area contributed by atoms with Crippen LogP contribution in [0.5, 0.6) is 5.75 Å². The Morgan fingerprint density at radius 2 is 2.03 bits per heavy atom. The van der Waals surface area contributed by atoms with Crippen molar-refractivity contribution in [3.05, 3.63) is 45.4 Å². The fourth-order valence-electron chi connectivity index (χ4n) is 2.57. The second-order valence-corrected chi connectivity index (χ2v) is 7.48. The fourth-order valence-corrected chi connectivity index (χ4v) is 3.38. The molecule has 0 bridgehead atoms. The predicted molar refractivity (Wildman–Crippen MR) is 112 cm³/mol. The van der Waals surface area contributed by atoms with E-state index >= 15 is 0 Å². The van der Waals surface area contributed by atoms with Gasteiger partial charge in [0.05, 0.1) is 11.6 Å². The molecule has 1 aromatic carbocycles. The number of benzene rings is 1. The van der Waals surface area contributed by atoms with Crippen LogP contribution in [0.4, 0.5) is 13.2 Å². The number of hydrogen-bond donors (Lipinski definition) is 2. The molecular weight excluding hydrogens is 417 g/mol. The van der Waals surface area contributed by atoms with Crippen LogP contribution in [0.25, 0.3) is 0 Å². The Morgan fingerprint density at radius 3 is 2.70 bits per heavy atom. The van der Waals surface area contributed by atoms with Crippen LogP contribution >= 0.6 is 11.3 Å². The molecule has 1 heterocycles. The molecule has 6 nitrogen and oxygen atoms in total. The first-order valence-electron chi connectivity index (χ1n) is 9.51. The maximum Gasteiger partial charge on any atom is 0.434 e. The summed E-state index contributed by atoms with van der Waals surface area (Å²) in [6, 6.07) is 5.99. The Morgan fingerprint density at radius 1 is 1.23 bits per heavy atom. The highest BCUT2D eigenvalue weighted by atomic mass is 32.1. The lowest BCUT2D eigenvalue weighted by Crippen LogP contribution is -2.38. The summed E-state index contributed by atoms with van der Waals surface area (Å²) in [5.41, 5.74) is 1.24. The molecule has 0 aliphatic rings. The van der Waals surface area contributed by atoms with E-state index in [1.165, 1.54) is 0 Å². The summed E-state index contributed by atoms with van der Waals surface area (Å²) in [5.74, 6) is 1.35. The number of nitrogens with zero attached hydrogens (tertiary/aromatic N) is 2. The zero-order valence-electron chi connectivity index (χ0n) is 17.3. The number of nitrogens with one attached hydrogen (secondary N) is 2. The lowest BCUT2D eigenvalue weighted by Gasteiger charge is -2.15. The maximum atomic E-state index is 12.6. The quantitative estimate of drug-likeness (QED) is 0.332. The number of hydrogen-bond acceptors (Lipinski definition) is 5. The molecule has 2 rings (SSSR count). The summed E-state index contributed by atoms with van der Waals surface area (Å²) >= 11 is 1.00. The fraction of sp³-hybridized carbons (Fsp3) is 0.500. The summed E-state index contributed by atoms with van der Waals surface area (Å²) in [7, 11) is 3.29. The third kappa shape index (κ3) is 7.83. The van der Waals surface area contributed by atoms with E-state index in [1.54, 1.807) is 14.2 Å². The first kappa shape index (κ1) is 23.9. The van der Waals surface area contributed by atoms with Crippen LogP contribution in [-0.4, -0.2) is 44.9 Å². The number of aliphatic imine (C=N–C) groups is 1. The number of rotatable bonds is 10. The van der Waals surface area contributed by atoms with Crippen LogP contribution in [0.1, 0.15) is 28.2 Å². The third-order valence-electron chi connectivity index (χ3n) is 4.12. The molecule has 2 N–H and O–H groups in total. The van der Waals surface area contributed by atoms with Gasteiger partial charge in [0.1, 0.15) is 5.75 Å². The molecule has 30 heavy (non-hydrogen) atoms. The van der Waals surface area contributed by atoms with Crippen molar-refractivity contribution < 1.29 is 22.6 Å². The molecule has 0 spiro atoms. The van der Waals surface area contributed by atoms with E-state index in [0.717, 1.165) is 40.0 Å². The van der Waals surface area contributed by atoms with Gasteiger partial charge in [-0.15, -0.1) is 11.3 Å². The minimum Gasteiger partial charge on any atom is -0.493 e. The van der Waals surface area contributed by atoms with E-state index in [1.807, 2.05) is 25.1 Å². The van der Waals surface area contributed by atoms with Crippen LogP contribution in [-0.2, 0) is 23.9 Å². The van der Waals surface area contributed by atoms with Crippen molar-refractivity contribution in [2.45, 2.75) is 32.5 Å². The molecule has 0 saturated heterocycles. The number of aromatic nitrogens is 1. The lowest BCUT2D eigenvalue weighted by molar-refractivity contribution is -0.140. The van der Waals surface area contributed by atoms with Crippen molar-refractivity contribution >= 4 is 17.3 Å². The molecule has 10 heteroatoms.